The fourth-order valence-electron chi connectivity index (χ4n) is 3.03. The number of nitro benzene ring substituents is 1. The molecule has 0 radical (unpaired) electrons. The Labute approximate surface area is 127 Å². The van der Waals surface area contributed by atoms with Crippen LogP contribution in [0.1, 0.15) is 5.56 Å². The van der Waals surface area contributed by atoms with E-state index in [1.165, 1.54) is 22.1 Å². The van der Waals surface area contributed by atoms with Crippen LogP contribution in [-0.4, -0.2) is 43.1 Å². The Morgan fingerprint density at radius 3 is 2.73 bits per heavy atom. The van der Waals surface area contributed by atoms with Crippen LogP contribution >= 0.6 is 0 Å². The molecule has 2 N–H and O–H groups in total. The van der Waals surface area contributed by atoms with E-state index >= 15 is 0 Å². The van der Waals surface area contributed by atoms with Crippen molar-refractivity contribution in [2.45, 2.75) is 6.54 Å². The summed E-state index contributed by atoms with van der Waals surface area (Å²) in [7, 11) is 2.17. The van der Waals surface area contributed by atoms with E-state index in [0.29, 0.717) is 6.54 Å². The molecule has 1 saturated heterocycles. The Hall–Kier alpha value is -2.25. The van der Waals surface area contributed by atoms with Gasteiger partial charge < -0.3 is 14.9 Å². The lowest BCUT2D eigenvalue weighted by Crippen LogP contribution is -3.26. The van der Waals surface area contributed by atoms with Gasteiger partial charge in [-0.1, -0.05) is 6.07 Å². The number of piperazine rings is 1. The van der Waals surface area contributed by atoms with Crippen LogP contribution in [0, 0.1) is 10.1 Å². The first-order chi connectivity index (χ1) is 10.6. The first-order valence-corrected chi connectivity index (χ1v) is 7.43. The molecule has 1 fully saturated rings. The molecule has 22 heavy (non-hydrogen) atoms. The third-order valence-electron chi connectivity index (χ3n) is 4.36. The minimum absolute atomic E-state index is 0.200. The third kappa shape index (κ3) is 2.72. The number of nitrogens with one attached hydrogen (secondary N) is 2. The SMILES string of the molecule is C[NH+]1CC[NH+](Cc2cc([N+](=O)[O-])c([O-])c3ncccc23)CC1. The maximum Gasteiger partial charge on any atom is 0.264 e. The van der Waals surface area contributed by atoms with Gasteiger partial charge in [-0.05, 0) is 11.8 Å². The summed E-state index contributed by atoms with van der Waals surface area (Å²) in [4.78, 5) is 17.5. The third-order valence-corrected chi connectivity index (χ3v) is 4.36. The summed E-state index contributed by atoms with van der Waals surface area (Å²) in [5.74, 6) is -0.595. The molecule has 7 nitrogen and oxygen atoms in total. The topological polar surface area (TPSA) is 88.0 Å². The van der Waals surface area contributed by atoms with Gasteiger partial charge in [-0.25, -0.2) is 0 Å². The highest BCUT2D eigenvalue weighted by Crippen LogP contribution is 2.32. The van der Waals surface area contributed by atoms with Crippen LogP contribution in [0.2, 0.25) is 0 Å². The first kappa shape index (κ1) is 14.7. The summed E-state index contributed by atoms with van der Waals surface area (Å²) in [5.41, 5.74) is 0.662. The van der Waals surface area contributed by atoms with Crippen LogP contribution in [0.25, 0.3) is 10.9 Å². The summed E-state index contributed by atoms with van der Waals surface area (Å²) >= 11 is 0. The number of likely N-dealkylation sites (N-methyl/N-ethyl adjacent to an activating group) is 1. The fraction of sp³-hybridized carbons (Fsp3) is 0.400. The average molecular weight is 303 g/mol. The number of pyridine rings is 1. The van der Waals surface area contributed by atoms with Crippen LogP contribution < -0.4 is 14.9 Å². The van der Waals surface area contributed by atoms with Crippen molar-refractivity contribution in [1.82, 2.24) is 4.98 Å². The van der Waals surface area contributed by atoms with Gasteiger partial charge in [0.15, 0.2) is 0 Å². The molecule has 1 aliphatic rings. The summed E-state index contributed by atoms with van der Waals surface area (Å²) in [6.45, 7) is 4.93. The predicted molar refractivity (Wildman–Crippen MR) is 78.9 cm³/mol. The molecule has 0 bridgehead atoms. The molecule has 0 atom stereocenters. The van der Waals surface area contributed by atoms with Crippen molar-refractivity contribution in [2.24, 2.45) is 0 Å². The molecule has 1 aliphatic heterocycles. The van der Waals surface area contributed by atoms with E-state index in [0.717, 1.165) is 37.1 Å². The maximum atomic E-state index is 12.1. The van der Waals surface area contributed by atoms with Crippen LogP contribution in [-0.2, 0) is 6.54 Å². The predicted octanol–water partition coefficient (Wildman–Crippen LogP) is -1.87. The highest BCUT2D eigenvalue weighted by Gasteiger charge is 2.23. The zero-order valence-electron chi connectivity index (χ0n) is 12.5. The zero-order chi connectivity index (χ0) is 15.7. The average Bonchev–Trinajstić information content (AvgIpc) is 2.52. The lowest BCUT2D eigenvalue weighted by atomic mass is 10.1. The molecule has 0 aliphatic carbocycles. The Kier molecular flexibility index (Phi) is 3.91. The highest BCUT2D eigenvalue weighted by molar-refractivity contribution is 5.90. The first-order valence-electron chi connectivity index (χ1n) is 7.43. The van der Waals surface area contributed by atoms with Gasteiger partial charge in [-0.3, -0.25) is 15.1 Å². The van der Waals surface area contributed by atoms with Crippen LogP contribution in [0.5, 0.6) is 5.75 Å². The molecule has 0 saturated carbocycles. The molecule has 0 spiro atoms. The minimum Gasteiger partial charge on any atom is -0.866 e. The van der Waals surface area contributed by atoms with E-state index in [-0.39, 0.29) is 11.2 Å². The van der Waals surface area contributed by atoms with Crippen LogP contribution in [0.3, 0.4) is 0 Å². The number of rotatable bonds is 3. The Balaban J connectivity index is 2.01. The van der Waals surface area contributed by atoms with Gasteiger partial charge in [0.05, 0.1) is 17.5 Å². The summed E-state index contributed by atoms with van der Waals surface area (Å²) < 4.78 is 0. The van der Waals surface area contributed by atoms with Crippen molar-refractivity contribution in [2.75, 3.05) is 33.2 Å². The second-order valence-electron chi connectivity index (χ2n) is 5.92. The van der Waals surface area contributed by atoms with E-state index in [9.17, 15) is 15.2 Å². The van der Waals surface area contributed by atoms with E-state index in [1.54, 1.807) is 6.07 Å². The number of nitrogens with zero attached hydrogens (tertiary/aromatic N) is 2. The number of nitro groups is 1. The van der Waals surface area contributed by atoms with Gasteiger partial charge in [0.25, 0.3) is 5.69 Å². The molecule has 1 aromatic carbocycles. The van der Waals surface area contributed by atoms with E-state index in [4.69, 9.17) is 0 Å². The van der Waals surface area contributed by atoms with Crippen molar-refractivity contribution in [1.29, 1.82) is 0 Å². The molecule has 0 unspecified atom stereocenters. The summed E-state index contributed by atoms with van der Waals surface area (Å²) in [6, 6.07) is 5.02. The zero-order valence-corrected chi connectivity index (χ0v) is 12.5. The van der Waals surface area contributed by atoms with Gasteiger partial charge in [0.1, 0.15) is 32.7 Å². The number of quaternary nitrogens is 2. The minimum atomic E-state index is -0.608. The molecule has 2 heterocycles. The lowest BCUT2D eigenvalue weighted by molar-refractivity contribution is -1.01. The van der Waals surface area contributed by atoms with Crippen molar-refractivity contribution < 1.29 is 19.8 Å². The molecule has 3 rings (SSSR count). The number of hydrogen-bond donors (Lipinski definition) is 2. The quantitative estimate of drug-likeness (QED) is 0.514. The fourth-order valence-corrected chi connectivity index (χ4v) is 3.03. The van der Waals surface area contributed by atoms with E-state index in [2.05, 4.69) is 12.0 Å². The van der Waals surface area contributed by atoms with Gasteiger partial charge in [-0.2, -0.15) is 0 Å². The second kappa shape index (κ2) is 5.86. The maximum absolute atomic E-state index is 12.1. The summed E-state index contributed by atoms with van der Waals surface area (Å²) in [5, 5.41) is 24.0. The van der Waals surface area contributed by atoms with Gasteiger partial charge in [0, 0.05) is 23.2 Å². The van der Waals surface area contributed by atoms with Crippen LogP contribution in [0.4, 0.5) is 5.69 Å². The monoisotopic (exact) mass is 303 g/mol. The van der Waals surface area contributed by atoms with Crippen LogP contribution in [0.15, 0.2) is 24.4 Å². The Bertz CT molecular complexity index is 711. The van der Waals surface area contributed by atoms with Gasteiger partial charge >= 0.3 is 0 Å². The molecule has 7 heteroatoms. The van der Waals surface area contributed by atoms with Crippen molar-refractivity contribution in [3.05, 3.63) is 40.1 Å². The van der Waals surface area contributed by atoms with Gasteiger partial charge in [-0.15, -0.1) is 0 Å². The smallest absolute Gasteiger partial charge is 0.264 e. The lowest BCUT2D eigenvalue weighted by Gasteiger charge is -2.27. The second-order valence-corrected chi connectivity index (χ2v) is 5.92. The molecule has 116 valence electrons. The van der Waals surface area contributed by atoms with Crippen molar-refractivity contribution in [3.63, 3.8) is 0 Å². The van der Waals surface area contributed by atoms with E-state index < -0.39 is 10.7 Å². The highest BCUT2D eigenvalue weighted by atomic mass is 16.6. The largest absolute Gasteiger partial charge is 0.866 e. The molecule has 0 amide bonds. The Morgan fingerprint density at radius 1 is 1.32 bits per heavy atom. The van der Waals surface area contributed by atoms with Crippen molar-refractivity contribution in [3.8, 4) is 5.75 Å². The number of hydrogen-bond acceptors (Lipinski definition) is 4. The molecular formula is C15H19N4O3+. The molecule has 1 aromatic heterocycles. The number of aromatic nitrogens is 1. The summed E-state index contributed by atoms with van der Waals surface area (Å²) in [6.07, 6.45) is 1.50. The Morgan fingerprint density at radius 2 is 2.05 bits per heavy atom. The van der Waals surface area contributed by atoms with Gasteiger partial charge in [0.2, 0.25) is 0 Å². The normalized spacial score (nSPS) is 21.9. The number of fused-ring (bicyclic) bond motifs is 1. The van der Waals surface area contributed by atoms with Crippen molar-refractivity contribution >= 4 is 16.6 Å². The molecular weight excluding hydrogens is 284 g/mol. The molecule has 2 aromatic rings. The number of benzene rings is 1. The standard InChI is InChI=1S/C15H18N4O3/c1-17-5-7-18(8-6-17)10-11-9-13(19(21)22)15(20)14-12(11)3-2-4-16-14/h2-4,9,20H,5-8,10H2,1H3/p+1. The van der Waals surface area contributed by atoms with E-state index in [1.807, 2.05) is 6.07 Å².